The summed E-state index contributed by atoms with van der Waals surface area (Å²) in [4.78, 5) is 37.2. The van der Waals surface area contributed by atoms with Crippen molar-refractivity contribution in [2.24, 2.45) is 5.92 Å². The van der Waals surface area contributed by atoms with Crippen LogP contribution in [0.15, 0.2) is 24.3 Å². The van der Waals surface area contributed by atoms with Gasteiger partial charge < -0.3 is 20.2 Å². The zero-order valence-corrected chi connectivity index (χ0v) is 15.9. The Bertz CT molecular complexity index is 619. The van der Waals surface area contributed by atoms with Gasteiger partial charge in [-0.2, -0.15) is 0 Å². The molecule has 0 unspecified atom stereocenters. The van der Waals surface area contributed by atoms with Gasteiger partial charge >= 0.3 is 0 Å². The van der Waals surface area contributed by atoms with Gasteiger partial charge in [-0.15, -0.1) is 0 Å². The van der Waals surface area contributed by atoms with Crippen molar-refractivity contribution in [3.63, 3.8) is 0 Å². The van der Waals surface area contributed by atoms with Crippen molar-refractivity contribution in [1.29, 1.82) is 0 Å². The summed E-state index contributed by atoms with van der Waals surface area (Å²) < 4.78 is 0. The third-order valence-electron chi connectivity index (χ3n) is 4.47. The number of likely N-dealkylation sites (N-methyl/N-ethyl adjacent to an activating group) is 1. The Kier molecular flexibility index (Phi) is 8.78. The Morgan fingerprint density at radius 1 is 1.38 bits per heavy atom. The first-order chi connectivity index (χ1) is 12.4. The number of carbonyl (C=O) groups excluding carboxylic acids is 2. The third kappa shape index (κ3) is 5.56. The van der Waals surface area contributed by atoms with Gasteiger partial charge in [-0.05, 0) is 39.1 Å². The number of nitrogens with one attached hydrogen (secondary N) is 1. The van der Waals surface area contributed by atoms with Crippen molar-refractivity contribution in [3.05, 3.63) is 35.4 Å². The first-order valence-electron chi connectivity index (χ1n) is 8.72. The van der Waals surface area contributed by atoms with Gasteiger partial charge in [0.15, 0.2) is 0 Å². The molecule has 7 nitrogen and oxygen atoms in total. The van der Waals surface area contributed by atoms with E-state index in [0.29, 0.717) is 19.5 Å². The SMILES string of the molecule is CCN1C(=O)C[C@@H](C(=O)NCCN(C)C)[C@@H]1c1ccccc1C.O=CO. The van der Waals surface area contributed by atoms with Gasteiger partial charge in [0.25, 0.3) is 6.47 Å². The second kappa shape index (κ2) is 10.6. The lowest BCUT2D eigenvalue weighted by Crippen LogP contribution is -2.38. The van der Waals surface area contributed by atoms with Crippen LogP contribution in [0.25, 0.3) is 0 Å². The highest BCUT2D eigenvalue weighted by Crippen LogP contribution is 2.39. The average molecular weight is 363 g/mol. The van der Waals surface area contributed by atoms with E-state index in [4.69, 9.17) is 9.90 Å². The molecule has 0 bridgehead atoms. The van der Waals surface area contributed by atoms with E-state index in [1.165, 1.54) is 0 Å². The molecule has 0 saturated carbocycles. The van der Waals surface area contributed by atoms with Crippen molar-refractivity contribution in [3.8, 4) is 0 Å². The zero-order chi connectivity index (χ0) is 19.7. The van der Waals surface area contributed by atoms with Gasteiger partial charge in [-0.3, -0.25) is 14.4 Å². The Balaban J connectivity index is 0.00000105. The van der Waals surface area contributed by atoms with Crippen molar-refractivity contribution in [1.82, 2.24) is 15.1 Å². The first-order valence-corrected chi connectivity index (χ1v) is 8.72. The number of benzene rings is 1. The number of likely N-dealkylation sites (tertiary alicyclic amines) is 1. The molecular formula is C19H29N3O4. The molecule has 1 aromatic rings. The van der Waals surface area contributed by atoms with Crippen LogP contribution in [0.3, 0.4) is 0 Å². The molecule has 1 heterocycles. The fraction of sp³-hybridized carbons (Fsp3) is 0.526. The third-order valence-corrected chi connectivity index (χ3v) is 4.47. The van der Waals surface area contributed by atoms with Gasteiger partial charge in [0.2, 0.25) is 11.8 Å². The van der Waals surface area contributed by atoms with E-state index >= 15 is 0 Å². The normalized spacial score (nSPS) is 19.1. The van der Waals surface area contributed by atoms with Crippen molar-refractivity contribution < 1.29 is 19.5 Å². The number of nitrogens with zero attached hydrogens (tertiary/aromatic N) is 2. The van der Waals surface area contributed by atoms with Gasteiger partial charge in [-0.1, -0.05) is 24.3 Å². The fourth-order valence-corrected chi connectivity index (χ4v) is 3.24. The molecule has 1 saturated heterocycles. The van der Waals surface area contributed by atoms with E-state index in [9.17, 15) is 9.59 Å². The van der Waals surface area contributed by atoms with E-state index in [-0.39, 0.29) is 30.2 Å². The maximum Gasteiger partial charge on any atom is 0.290 e. The van der Waals surface area contributed by atoms with E-state index in [1.807, 2.05) is 62.0 Å². The Labute approximate surface area is 155 Å². The highest BCUT2D eigenvalue weighted by atomic mass is 16.3. The van der Waals surface area contributed by atoms with Gasteiger partial charge in [0.1, 0.15) is 0 Å². The number of hydrogen-bond donors (Lipinski definition) is 2. The van der Waals surface area contributed by atoms with Crippen LogP contribution in [0.2, 0.25) is 0 Å². The molecule has 2 atom stereocenters. The number of aryl methyl sites for hydroxylation is 1. The summed E-state index contributed by atoms with van der Waals surface area (Å²) in [5.41, 5.74) is 2.20. The van der Waals surface area contributed by atoms with Gasteiger partial charge in [0, 0.05) is 26.1 Å². The van der Waals surface area contributed by atoms with Crippen molar-refractivity contribution >= 4 is 18.3 Å². The quantitative estimate of drug-likeness (QED) is 0.743. The monoisotopic (exact) mass is 363 g/mol. The van der Waals surface area contributed by atoms with Crippen LogP contribution >= 0.6 is 0 Å². The van der Waals surface area contributed by atoms with E-state index in [2.05, 4.69) is 5.32 Å². The Morgan fingerprint density at radius 3 is 2.54 bits per heavy atom. The summed E-state index contributed by atoms with van der Waals surface area (Å²) in [6.45, 7) is 5.77. The summed E-state index contributed by atoms with van der Waals surface area (Å²) in [6, 6.07) is 7.86. The molecule has 1 aliphatic heterocycles. The molecule has 0 aromatic heterocycles. The smallest absolute Gasteiger partial charge is 0.290 e. The molecular weight excluding hydrogens is 334 g/mol. The minimum atomic E-state index is -0.314. The largest absolute Gasteiger partial charge is 0.483 e. The molecule has 2 N–H and O–H groups in total. The van der Waals surface area contributed by atoms with Crippen LogP contribution < -0.4 is 5.32 Å². The van der Waals surface area contributed by atoms with Crippen molar-refractivity contribution in [2.75, 3.05) is 33.7 Å². The number of rotatable bonds is 6. The molecule has 1 fully saturated rings. The predicted octanol–water partition coefficient (Wildman–Crippen LogP) is 1.28. The van der Waals surface area contributed by atoms with Crippen LogP contribution in [0.4, 0.5) is 0 Å². The summed E-state index contributed by atoms with van der Waals surface area (Å²) in [5.74, 6) is -0.274. The van der Waals surface area contributed by atoms with Crippen LogP contribution in [-0.2, 0) is 14.4 Å². The Morgan fingerprint density at radius 2 is 2.00 bits per heavy atom. The number of hydrogen-bond acceptors (Lipinski definition) is 4. The molecule has 1 aromatic carbocycles. The molecule has 0 radical (unpaired) electrons. The van der Waals surface area contributed by atoms with Crippen molar-refractivity contribution in [2.45, 2.75) is 26.3 Å². The summed E-state index contributed by atoms with van der Waals surface area (Å²) in [5, 5.41) is 9.87. The maximum absolute atomic E-state index is 12.6. The lowest BCUT2D eigenvalue weighted by Gasteiger charge is -2.28. The summed E-state index contributed by atoms with van der Waals surface area (Å²) in [6.07, 6.45) is 0.292. The highest BCUT2D eigenvalue weighted by molar-refractivity contribution is 5.90. The van der Waals surface area contributed by atoms with E-state index < -0.39 is 0 Å². The summed E-state index contributed by atoms with van der Waals surface area (Å²) >= 11 is 0. The molecule has 2 rings (SSSR count). The first kappa shape index (κ1) is 21.6. The lowest BCUT2D eigenvalue weighted by atomic mass is 9.90. The van der Waals surface area contributed by atoms with Crippen LogP contribution in [0.1, 0.15) is 30.5 Å². The Hall–Kier alpha value is -2.41. The van der Waals surface area contributed by atoms with Crippen LogP contribution in [0, 0.1) is 12.8 Å². The molecule has 26 heavy (non-hydrogen) atoms. The topological polar surface area (TPSA) is 90.0 Å². The minimum Gasteiger partial charge on any atom is -0.483 e. The average Bonchev–Trinajstić information content (AvgIpc) is 2.92. The van der Waals surface area contributed by atoms with E-state index in [0.717, 1.165) is 17.7 Å². The number of amides is 2. The minimum absolute atomic E-state index is 0.0237. The molecule has 144 valence electrons. The highest BCUT2D eigenvalue weighted by Gasteiger charge is 2.44. The fourth-order valence-electron chi connectivity index (χ4n) is 3.24. The predicted molar refractivity (Wildman–Crippen MR) is 99.7 cm³/mol. The number of carboxylic acid groups (broad SMARTS) is 1. The van der Waals surface area contributed by atoms with Crippen LogP contribution in [-0.4, -0.2) is 66.9 Å². The summed E-state index contributed by atoms with van der Waals surface area (Å²) in [7, 11) is 3.94. The molecule has 7 heteroatoms. The molecule has 0 aliphatic carbocycles. The second-order valence-corrected chi connectivity index (χ2v) is 6.49. The van der Waals surface area contributed by atoms with Gasteiger partial charge in [0.05, 0.1) is 12.0 Å². The van der Waals surface area contributed by atoms with E-state index in [1.54, 1.807) is 0 Å². The lowest BCUT2D eigenvalue weighted by molar-refractivity contribution is -0.129. The second-order valence-electron chi connectivity index (χ2n) is 6.49. The maximum atomic E-state index is 12.6. The standard InChI is InChI=1S/C18H27N3O2.CH2O2/c1-5-21-16(22)12-15(18(23)19-10-11-20(3)4)17(21)14-9-7-6-8-13(14)2;2-1-3/h6-9,15,17H,5,10-12H2,1-4H3,(H,19,23);1H,(H,2,3)/t15-,17+;/m1./s1. The van der Waals surface area contributed by atoms with Gasteiger partial charge in [-0.25, -0.2) is 0 Å². The number of carbonyl (C=O) groups is 3. The molecule has 2 amide bonds. The molecule has 1 aliphatic rings. The van der Waals surface area contributed by atoms with Crippen LogP contribution in [0.5, 0.6) is 0 Å². The molecule has 0 spiro atoms. The zero-order valence-electron chi connectivity index (χ0n) is 15.9.